The molecular formula is C22H27FN2O. The molecule has 0 bridgehead atoms. The van der Waals surface area contributed by atoms with Gasteiger partial charge < -0.3 is 9.88 Å². The third kappa shape index (κ3) is 4.31. The average Bonchev–Trinajstić information content (AvgIpc) is 2.95. The number of nitrogens with zero attached hydrogens (tertiary/aromatic N) is 1. The number of ketones is 1. The van der Waals surface area contributed by atoms with Crippen molar-refractivity contribution in [1.29, 1.82) is 0 Å². The molecule has 1 N–H and O–H groups in total. The van der Waals surface area contributed by atoms with Gasteiger partial charge >= 0.3 is 0 Å². The van der Waals surface area contributed by atoms with Crippen molar-refractivity contribution in [2.75, 3.05) is 13.1 Å². The Bertz CT molecular complexity index is 802. The zero-order chi connectivity index (χ0) is 18.5. The topological polar surface area (TPSA) is 34.0 Å². The molecule has 26 heavy (non-hydrogen) atoms. The molecule has 0 saturated carbocycles. The highest BCUT2D eigenvalue weighted by molar-refractivity contribution is 5.99. The molecule has 0 saturated heterocycles. The monoisotopic (exact) mass is 354 g/mol. The van der Waals surface area contributed by atoms with E-state index in [4.69, 9.17) is 0 Å². The Labute approximate surface area is 154 Å². The van der Waals surface area contributed by atoms with Gasteiger partial charge in [-0.3, -0.25) is 4.79 Å². The van der Waals surface area contributed by atoms with Gasteiger partial charge in [-0.15, -0.1) is 0 Å². The van der Waals surface area contributed by atoms with Gasteiger partial charge in [0.05, 0.1) is 6.54 Å². The average molecular weight is 354 g/mol. The maximum atomic E-state index is 13.2. The minimum atomic E-state index is -0.259. The number of benzene rings is 1. The summed E-state index contributed by atoms with van der Waals surface area (Å²) in [7, 11) is 0. The van der Waals surface area contributed by atoms with Gasteiger partial charge in [0.2, 0.25) is 0 Å². The van der Waals surface area contributed by atoms with Crippen molar-refractivity contribution in [2.24, 2.45) is 0 Å². The van der Waals surface area contributed by atoms with Crippen LogP contribution in [0.25, 0.3) is 5.69 Å². The number of carbonyl (C=O) groups excluding carboxylic acids is 1. The number of aromatic nitrogens is 1. The van der Waals surface area contributed by atoms with E-state index in [-0.39, 0.29) is 11.6 Å². The van der Waals surface area contributed by atoms with E-state index in [1.807, 2.05) is 24.5 Å². The van der Waals surface area contributed by atoms with Gasteiger partial charge in [0.25, 0.3) is 0 Å². The van der Waals surface area contributed by atoms with Crippen molar-refractivity contribution in [2.45, 2.75) is 46.0 Å². The van der Waals surface area contributed by atoms with Crippen molar-refractivity contribution < 1.29 is 9.18 Å². The molecule has 2 aromatic rings. The Morgan fingerprint density at radius 1 is 1.19 bits per heavy atom. The van der Waals surface area contributed by atoms with Crippen LogP contribution in [0.2, 0.25) is 0 Å². The number of nitrogens with one attached hydrogen (secondary N) is 1. The summed E-state index contributed by atoms with van der Waals surface area (Å²) in [6, 6.07) is 8.28. The Morgan fingerprint density at radius 2 is 1.96 bits per heavy atom. The second-order valence-corrected chi connectivity index (χ2v) is 7.05. The van der Waals surface area contributed by atoms with Crippen LogP contribution < -0.4 is 5.32 Å². The summed E-state index contributed by atoms with van der Waals surface area (Å²) in [6.07, 6.45) is 8.38. The van der Waals surface area contributed by atoms with Crippen molar-refractivity contribution in [3.05, 3.63) is 64.7 Å². The molecule has 0 spiro atoms. The third-order valence-electron chi connectivity index (χ3n) is 5.11. The van der Waals surface area contributed by atoms with Crippen LogP contribution in [0.3, 0.4) is 0 Å². The molecule has 0 fully saturated rings. The highest BCUT2D eigenvalue weighted by Crippen LogP contribution is 2.22. The molecule has 0 atom stereocenters. The first-order chi connectivity index (χ1) is 12.6. The van der Waals surface area contributed by atoms with Crippen LogP contribution in [0, 0.1) is 19.7 Å². The summed E-state index contributed by atoms with van der Waals surface area (Å²) in [4.78, 5) is 12.6. The number of aryl methyl sites for hydroxylation is 1. The van der Waals surface area contributed by atoms with Crippen LogP contribution in [0.1, 0.15) is 53.8 Å². The maximum Gasteiger partial charge on any atom is 0.178 e. The van der Waals surface area contributed by atoms with Crippen LogP contribution in [0.5, 0.6) is 0 Å². The largest absolute Gasteiger partial charge is 0.318 e. The van der Waals surface area contributed by atoms with E-state index in [1.54, 1.807) is 12.1 Å². The molecule has 1 aliphatic carbocycles. The van der Waals surface area contributed by atoms with Gasteiger partial charge in [-0.25, -0.2) is 4.39 Å². The van der Waals surface area contributed by atoms with E-state index in [2.05, 4.69) is 11.4 Å². The third-order valence-corrected chi connectivity index (χ3v) is 5.11. The minimum absolute atomic E-state index is 0.101. The lowest BCUT2D eigenvalue weighted by molar-refractivity contribution is 0.0991. The Morgan fingerprint density at radius 3 is 2.65 bits per heavy atom. The summed E-state index contributed by atoms with van der Waals surface area (Å²) in [6.45, 7) is 5.10. The molecule has 4 heteroatoms. The number of rotatable bonds is 7. The molecule has 0 unspecified atom stereocenters. The molecule has 0 aliphatic heterocycles. The van der Waals surface area contributed by atoms with Crippen molar-refractivity contribution in [3.8, 4) is 5.69 Å². The molecule has 0 amide bonds. The zero-order valence-electron chi connectivity index (χ0n) is 15.6. The molecule has 3 rings (SSSR count). The van der Waals surface area contributed by atoms with Crippen LogP contribution in [-0.2, 0) is 0 Å². The molecular weight excluding hydrogens is 327 g/mol. The molecule has 1 aromatic carbocycles. The van der Waals surface area contributed by atoms with Gasteiger partial charge in [0.15, 0.2) is 5.78 Å². The van der Waals surface area contributed by atoms with Crippen LogP contribution in [-0.4, -0.2) is 23.4 Å². The summed E-state index contributed by atoms with van der Waals surface area (Å²) < 4.78 is 15.2. The van der Waals surface area contributed by atoms with E-state index >= 15 is 0 Å². The summed E-state index contributed by atoms with van der Waals surface area (Å²) in [5.41, 5.74) is 5.00. The minimum Gasteiger partial charge on any atom is -0.318 e. The van der Waals surface area contributed by atoms with Crippen molar-refractivity contribution >= 4 is 5.78 Å². The van der Waals surface area contributed by atoms with E-state index in [9.17, 15) is 9.18 Å². The fourth-order valence-corrected chi connectivity index (χ4v) is 3.71. The molecule has 138 valence electrons. The maximum absolute atomic E-state index is 13.2. The second kappa shape index (κ2) is 8.45. The summed E-state index contributed by atoms with van der Waals surface area (Å²) >= 11 is 0. The number of allylic oxidation sites excluding steroid dienone is 1. The molecule has 1 aliphatic rings. The van der Waals surface area contributed by atoms with Crippen LogP contribution >= 0.6 is 0 Å². The molecule has 0 radical (unpaired) electrons. The Balaban J connectivity index is 1.62. The second-order valence-electron chi connectivity index (χ2n) is 7.05. The lowest BCUT2D eigenvalue weighted by Gasteiger charge is -2.13. The first-order valence-corrected chi connectivity index (χ1v) is 9.43. The number of hydrogen-bond donors (Lipinski definition) is 1. The first-order valence-electron chi connectivity index (χ1n) is 9.43. The standard InChI is InChI=1S/C22H27FN2O/c1-16-14-21(17(2)25(16)20-10-8-19(23)9-11-20)22(26)15-24-13-12-18-6-4-3-5-7-18/h6,8-11,14,24H,3-5,7,12-13,15H2,1-2H3. The Kier molecular flexibility index (Phi) is 6.04. The number of hydrogen-bond acceptors (Lipinski definition) is 2. The van der Waals surface area contributed by atoms with Gasteiger partial charge in [-0.05, 0) is 82.8 Å². The molecule has 3 nitrogen and oxygen atoms in total. The van der Waals surface area contributed by atoms with Gasteiger partial charge in [0.1, 0.15) is 5.82 Å². The number of halogens is 1. The van der Waals surface area contributed by atoms with E-state index < -0.39 is 0 Å². The first kappa shape index (κ1) is 18.6. The van der Waals surface area contributed by atoms with Crippen molar-refractivity contribution in [1.82, 2.24) is 9.88 Å². The van der Waals surface area contributed by atoms with Gasteiger partial charge in [0, 0.05) is 22.6 Å². The molecule has 1 aromatic heterocycles. The predicted molar refractivity (Wildman–Crippen MR) is 104 cm³/mol. The van der Waals surface area contributed by atoms with Crippen LogP contribution in [0.4, 0.5) is 4.39 Å². The van der Waals surface area contributed by atoms with Gasteiger partial charge in [-0.1, -0.05) is 11.6 Å². The predicted octanol–water partition coefficient (Wildman–Crippen LogP) is 4.90. The highest BCUT2D eigenvalue weighted by atomic mass is 19.1. The highest BCUT2D eigenvalue weighted by Gasteiger charge is 2.16. The fourth-order valence-electron chi connectivity index (χ4n) is 3.71. The molecule has 1 heterocycles. The normalized spacial score (nSPS) is 14.3. The lowest BCUT2D eigenvalue weighted by Crippen LogP contribution is -2.24. The SMILES string of the molecule is Cc1cc(C(=O)CNCCC2=CCCCC2)c(C)n1-c1ccc(F)cc1. The van der Waals surface area contributed by atoms with E-state index in [0.717, 1.165) is 35.6 Å². The lowest BCUT2D eigenvalue weighted by atomic mass is 9.97. The van der Waals surface area contributed by atoms with Gasteiger partial charge in [-0.2, -0.15) is 0 Å². The van der Waals surface area contributed by atoms with E-state index in [0.29, 0.717) is 6.54 Å². The van der Waals surface area contributed by atoms with Crippen molar-refractivity contribution in [3.63, 3.8) is 0 Å². The number of Topliss-reactive ketones (excluding diaryl/α,β-unsaturated/α-hetero) is 1. The fraction of sp³-hybridized carbons (Fsp3) is 0.409. The smallest absolute Gasteiger partial charge is 0.178 e. The van der Waals surface area contributed by atoms with E-state index in [1.165, 1.54) is 43.4 Å². The Hall–Kier alpha value is -2.20. The summed E-state index contributed by atoms with van der Waals surface area (Å²) in [5, 5.41) is 3.28. The zero-order valence-corrected chi connectivity index (χ0v) is 15.6. The van der Waals surface area contributed by atoms with Crippen LogP contribution in [0.15, 0.2) is 42.0 Å². The summed E-state index contributed by atoms with van der Waals surface area (Å²) in [5.74, 6) is -0.158. The quantitative estimate of drug-likeness (QED) is 0.436. The number of carbonyl (C=O) groups is 1.